The van der Waals surface area contributed by atoms with Crippen molar-refractivity contribution in [3.63, 3.8) is 0 Å². The second-order valence-electron chi connectivity index (χ2n) is 5.06. The van der Waals surface area contributed by atoms with Crippen molar-refractivity contribution >= 4 is 11.3 Å². The van der Waals surface area contributed by atoms with Gasteiger partial charge in [0.1, 0.15) is 5.01 Å². The zero-order chi connectivity index (χ0) is 14.8. The summed E-state index contributed by atoms with van der Waals surface area (Å²) < 4.78 is 1.91. The third-order valence-electron chi connectivity index (χ3n) is 3.51. The van der Waals surface area contributed by atoms with Crippen molar-refractivity contribution in [2.75, 3.05) is 6.54 Å². The lowest BCUT2D eigenvalue weighted by molar-refractivity contribution is 0.661. The van der Waals surface area contributed by atoms with Crippen LogP contribution in [-0.2, 0) is 7.05 Å². The van der Waals surface area contributed by atoms with E-state index in [0.29, 0.717) is 6.54 Å². The van der Waals surface area contributed by atoms with Crippen LogP contribution in [0.5, 0.6) is 0 Å². The number of aryl methyl sites for hydroxylation is 2. The fraction of sp³-hybridized carbons (Fsp3) is 0.250. The van der Waals surface area contributed by atoms with Gasteiger partial charge >= 0.3 is 0 Å². The second kappa shape index (κ2) is 5.79. The molecule has 0 aliphatic rings. The van der Waals surface area contributed by atoms with Gasteiger partial charge in [0.15, 0.2) is 0 Å². The molecule has 1 aromatic carbocycles. The van der Waals surface area contributed by atoms with Gasteiger partial charge in [-0.1, -0.05) is 30.3 Å². The normalized spacial score (nSPS) is 12.5. The van der Waals surface area contributed by atoms with Gasteiger partial charge in [0.25, 0.3) is 0 Å². The molecule has 0 amide bonds. The topological polar surface area (TPSA) is 56.7 Å². The molecule has 0 saturated heterocycles. The molecule has 5 heteroatoms. The maximum atomic E-state index is 5.99. The summed E-state index contributed by atoms with van der Waals surface area (Å²) in [6.07, 6.45) is 0. The fourth-order valence-corrected chi connectivity index (χ4v) is 3.36. The Morgan fingerprint density at radius 3 is 2.67 bits per heavy atom. The SMILES string of the molecule is Cc1csc(C(CN)c2cc(-c3ccccc3)nn2C)n1. The van der Waals surface area contributed by atoms with Gasteiger partial charge in [0.2, 0.25) is 0 Å². The molecule has 0 fully saturated rings. The molecule has 108 valence electrons. The van der Waals surface area contributed by atoms with E-state index >= 15 is 0 Å². The Balaban J connectivity index is 2.00. The van der Waals surface area contributed by atoms with Gasteiger partial charge in [-0.05, 0) is 13.0 Å². The van der Waals surface area contributed by atoms with Crippen molar-refractivity contribution in [3.8, 4) is 11.3 Å². The minimum absolute atomic E-state index is 0.0960. The van der Waals surface area contributed by atoms with Crippen molar-refractivity contribution < 1.29 is 0 Å². The van der Waals surface area contributed by atoms with E-state index in [1.807, 2.05) is 36.9 Å². The number of aromatic nitrogens is 3. The second-order valence-corrected chi connectivity index (χ2v) is 5.95. The number of benzene rings is 1. The molecule has 3 aromatic rings. The minimum atomic E-state index is 0.0960. The third kappa shape index (κ3) is 2.75. The Kier molecular flexibility index (Phi) is 3.86. The average molecular weight is 298 g/mol. The molecular formula is C16H18N4S. The van der Waals surface area contributed by atoms with Crippen LogP contribution in [0.2, 0.25) is 0 Å². The van der Waals surface area contributed by atoms with Crippen LogP contribution < -0.4 is 5.73 Å². The molecule has 3 rings (SSSR count). The van der Waals surface area contributed by atoms with Crippen LogP contribution in [-0.4, -0.2) is 21.3 Å². The summed E-state index contributed by atoms with van der Waals surface area (Å²) in [4.78, 5) is 4.58. The molecule has 0 aliphatic carbocycles. The predicted molar refractivity (Wildman–Crippen MR) is 86.4 cm³/mol. The van der Waals surface area contributed by atoms with Gasteiger partial charge in [-0.3, -0.25) is 4.68 Å². The average Bonchev–Trinajstić information content (AvgIpc) is 3.08. The lowest BCUT2D eigenvalue weighted by Gasteiger charge is -2.11. The lowest BCUT2D eigenvalue weighted by Crippen LogP contribution is -2.16. The Morgan fingerprint density at radius 2 is 2.05 bits per heavy atom. The molecule has 0 saturated carbocycles. The van der Waals surface area contributed by atoms with Crippen LogP contribution in [0.4, 0.5) is 0 Å². The van der Waals surface area contributed by atoms with E-state index in [2.05, 4.69) is 33.7 Å². The van der Waals surface area contributed by atoms with Gasteiger partial charge in [-0.15, -0.1) is 11.3 Å². The van der Waals surface area contributed by atoms with E-state index in [1.54, 1.807) is 11.3 Å². The number of thiazole rings is 1. The van der Waals surface area contributed by atoms with E-state index in [4.69, 9.17) is 5.73 Å². The summed E-state index contributed by atoms with van der Waals surface area (Å²) in [5.74, 6) is 0.0960. The molecule has 2 N–H and O–H groups in total. The van der Waals surface area contributed by atoms with E-state index in [-0.39, 0.29) is 5.92 Å². The van der Waals surface area contributed by atoms with Crippen LogP contribution in [0.3, 0.4) is 0 Å². The van der Waals surface area contributed by atoms with E-state index in [9.17, 15) is 0 Å². The number of nitrogens with two attached hydrogens (primary N) is 1. The number of hydrogen-bond acceptors (Lipinski definition) is 4. The summed E-state index contributed by atoms with van der Waals surface area (Å²) in [5, 5.41) is 7.74. The van der Waals surface area contributed by atoms with Gasteiger partial charge < -0.3 is 5.73 Å². The van der Waals surface area contributed by atoms with E-state index in [0.717, 1.165) is 27.7 Å². The molecule has 1 atom stereocenters. The Morgan fingerprint density at radius 1 is 1.29 bits per heavy atom. The molecule has 1 unspecified atom stereocenters. The minimum Gasteiger partial charge on any atom is -0.329 e. The monoisotopic (exact) mass is 298 g/mol. The van der Waals surface area contributed by atoms with E-state index in [1.165, 1.54) is 0 Å². The molecule has 2 aromatic heterocycles. The van der Waals surface area contributed by atoms with Gasteiger partial charge in [-0.2, -0.15) is 5.10 Å². The quantitative estimate of drug-likeness (QED) is 0.805. The Bertz CT molecular complexity index is 730. The van der Waals surface area contributed by atoms with Gasteiger partial charge in [0.05, 0.1) is 11.6 Å². The molecular weight excluding hydrogens is 280 g/mol. The van der Waals surface area contributed by atoms with Crippen LogP contribution in [0, 0.1) is 6.92 Å². The first-order valence-electron chi connectivity index (χ1n) is 6.90. The predicted octanol–water partition coefficient (Wildman–Crippen LogP) is 2.94. The summed E-state index contributed by atoms with van der Waals surface area (Å²) in [5.41, 5.74) is 10.2. The molecule has 4 nitrogen and oxygen atoms in total. The highest BCUT2D eigenvalue weighted by atomic mass is 32.1. The van der Waals surface area contributed by atoms with Gasteiger partial charge in [0, 0.05) is 35.9 Å². The number of rotatable bonds is 4. The van der Waals surface area contributed by atoms with Crippen molar-refractivity contribution in [2.24, 2.45) is 12.8 Å². The van der Waals surface area contributed by atoms with Crippen LogP contribution >= 0.6 is 11.3 Å². The first kappa shape index (κ1) is 14.0. The van der Waals surface area contributed by atoms with Crippen LogP contribution in [0.15, 0.2) is 41.8 Å². The van der Waals surface area contributed by atoms with E-state index < -0.39 is 0 Å². The van der Waals surface area contributed by atoms with Crippen molar-refractivity contribution in [3.05, 3.63) is 58.2 Å². The molecule has 0 spiro atoms. The van der Waals surface area contributed by atoms with Crippen molar-refractivity contribution in [2.45, 2.75) is 12.8 Å². The molecule has 0 bridgehead atoms. The highest BCUT2D eigenvalue weighted by Crippen LogP contribution is 2.29. The highest BCUT2D eigenvalue weighted by Gasteiger charge is 2.20. The smallest absolute Gasteiger partial charge is 0.103 e. The first-order valence-corrected chi connectivity index (χ1v) is 7.78. The number of nitrogens with zero attached hydrogens (tertiary/aromatic N) is 3. The Hall–Kier alpha value is -1.98. The van der Waals surface area contributed by atoms with Crippen molar-refractivity contribution in [1.29, 1.82) is 0 Å². The molecule has 0 aliphatic heterocycles. The number of hydrogen-bond donors (Lipinski definition) is 1. The fourth-order valence-electron chi connectivity index (χ4n) is 2.44. The highest BCUT2D eigenvalue weighted by molar-refractivity contribution is 7.09. The van der Waals surface area contributed by atoms with Crippen LogP contribution in [0.1, 0.15) is 22.3 Å². The maximum absolute atomic E-state index is 5.99. The maximum Gasteiger partial charge on any atom is 0.103 e. The summed E-state index contributed by atoms with van der Waals surface area (Å²) in [7, 11) is 1.96. The zero-order valence-electron chi connectivity index (χ0n) is 12.2. The van der Waals surface area contributed by atoms with Gasteiger partial charge in [-0.25, -0.2) is 4.98 Å². The molecule has 2 heterocycles. The third-order valence-corrected chi connectivity index (χ3v) is 4.59. The summed E-state index contributed by atoms with van der Waals surface area (Å²) >= 11 is 1.66. The van der Waals surface area contributed by atoms with Crippen molar-refractivity contribution in [1.82, 2.24) is 14.8 Å². The lowest BCUT2D eigenvalue weighted by atomic mass is 10.0. The first-order chi connectivity index (χ1) is 10.2. The zero-order valence-corrected chi connectivity index (χ0v) is 13.0. The summed E-state index contributed by atoms with van der Waals surface area (Å²) in [6, 6.07) is 12.3. The van der Waals surface area contributed by atoms with Crippen LogP contribution in [0.25, 0.3) is 11.3 Å². The molecule has 21 heavy (non-hydrogen) atoms. The largest absolute Gasteiger partial charge is 0.329 e. The summed E-state index contributed by atoms with van der Waals surface area (Å²) in [6.45, 7) is 2.53. The molecule has 0 radical (unpaired) electrons. The standard InChI is InChI=1S/C16H18N4S/c1-11-10-21-16(18-11)13(9-17)15-8-14(19-20(15)2)12-6-4-3-5-7-12/h3-8,10,13H,9,17H2,1-2H3. The Labute approximate surface area is 128 Å².